The first kappa shape index (κ1) is 16.5. The molecule has 24 heavy (non-hydrogen) atoms. The van der Waals surface area contributed by atoms with E-state index in [2.05, 4.69) is 15.5 Å². The summed E-state index contributed by atoms with van der Waals surface area (Å²) in [6.07, 6.45) is 0. The molecule has 1 amide bonds. The zero-order valence-electron chi connectivity index (χ0n) is 12.9. The Labute approximate surface area is 148 Å². The summed E-state index contributed by atoms with van der Waals surface area (Å²) >= 11 is 2.83. The van der Waals surface area contributed by atoms with E-state index in [-0.39, 0.29) is 5.91 Å². The van der Waals surface area contributed by atoms with Crippen LogP contribution in [0.15, 0.2) is 59.5 Å². The number of hydrogen-bond acceptors (Lipinski definition) is 6. The molecule has 0 aliphatic rings. The third-order valence-corrected chi connectivity index (χ3v) is 5.02. The predicted octanol–water partition coefficient (Wildman–Crippen LogP) is 3.94. The number of nitrogens with one attached hydrogen (secondary N) is 1. The van der Waals surface area contributed by atoms with Gasteiger partial charge in [0.25, 0.3) is 0 Å². The average Bonchev–Trinajstić information content (AvgIpc) is 3.09. The van der Waals surface area contributed by atoms with Gasteiger partial charge in [0, 0.05) is 10.5 Å². The number of nitrogens with zero attached hydrogens (tertiary/aromatic N) is 2. The van der Waals surface area contributed by atoms with Gasteiger partial charge < -0.3 is 4.74 Å². The lowest BCUT2D eigenvalue weighted by Gasteiger charge is -2.01. The molecule has 0 saturated heterocycles. The molecule has 0 bridgehead atoms. The Bertz CT molecular complexity index is 804. The molecule has 0 radical (unpaired) electrons. The summed E-state index contributed by atoms with van der Waals surface area (Å²) in [6, 6.07) is 17.4. The van der Waals surface area contributed by atoms with Crippen molar-refractivity contribution in [1.29, 1.82) is 0 Å². The van der Waals surface area contributed by atoms with Gasteiger partial charge in [-0.05, 0) is 36.4 Å². The molecule has 0 spiro atoms. The molecular weight excluding hydrogens is 342 g/mol. The van der Waals surface area contributed by atoms with Crippen molar-refractivity contribution < 1.29 is 9.53 Å². The van der Waals surface area contributed by atoms with Gasteiger partial charge in [-0.3, -0.25) is 10.1 Å². The Morgan fingerprint density at radius 3 is 2.58 bits per heavy atom. The number of aromatic nitrogens is 2. The summed E-state index contributed by atoms with van der Waals surface area (Å²) < 4.78 is 5.13. The number of amides is 1. The lowest BCUT2D eigenvalue weighted by atomic mass is 10.2. The van der Waals surface area contributed by atoms with Crippen LogP contribution in [0, 0.1) is 0 Å². The summed E-state index contributed by atoms with van der Waals surface area (Å²) in [5.74, 6) is 1.03. The minimum absolute atomic E-state index is 0.0960. The quantitative estimate of drug-likeness (QED) is 0.677. The van der Waals surface area contributed by atoms with E-state index in [0.29, 0.717) is 10.9 Å². The highest BCUT2D eigenvalue weighted by Crippen LogP contribution is 2.28. The number of carbonyl (C=O) groups excluding carboxylic acids is 1. The molecule has 7 heteroatoms. The molecule has 1 aromatic heterocycles. The van der Waals surface area contributed by atoms with Gasteiger partial charge in [0.2, 0.25) is 11.0 Å². The third kappa shape index (κ3) is 4.33. The van der Waals surface area contributed by atoms with Crippen molar-refractivity contribution in [3.63, 3.8) is 0 Å². The molecule has 1 N–H and O–H groups in total. The fraction of sp³-hybridized carbons (Fsp3) is 0.118. The number of ether oxygens (including phenoxy) is 1. The van der Waals surface area contributed by atoms with Crippen LogP contribution in [0.5, 0.6) is 5.75 Å². The SMILES string of the molecule is COc1ccc(-c2nnc(NC(=O)CSc3ccccc3)s2)cc1. The van der Waals surface area contributed by atoms with E-state index in [9.17, 15) is 4.79 Å². The Morgan fingerprint density at radius 1 is 1.12 bits per heavy atom. The number of carbonyl (C=O) groups is 1. The molecule has 0 aliphatic heterocycles. The maximum absolute atomic E-state index is 12.0. The Kier molecular flexibility index (Phi) is 5.45. The average molecular weight is 357 g/mol. The van der Waals surface area contributed by atoms with E-state index in [1.165, 1.54) is 23.1 Å². The number of benzene rings is 2. The second-order valence-corrected chi connectivity index (χ2v) is 6.82. The van der Waals surface area contributed by atoms with Crippen molar-refractivity contribution >= 4 is 34.1 Å². The van der Waals surface area contributed by atoms with Crippen LogP contribution in [0.3, 0.4) is 0 Å². The van der Waals surface area contributed by atoms with Crippen LogP contribution in [0.2, 0.25) is 0 Å². The van der Waals surface area contributed by atoms with Crippen LogP contribution >= 0.6 is 23.1 Å². The van der Waals surface area contributed by atoms with Gasteiger partial charge in [0.15, 0.2) is 0 Å². The van der Waals surface area contributed by atoms with E-state index in [1.54, 1.807) is 7.11 Å². The number of rotatable bonds is 6. The smallest absolute Gasteiger partial charge is 0.236 e. The third-order valence-electron chi connectivity index (χ3n) is 3.12. The summed E-state index contributed by atoms with van der Waals surface area (Å²) in [4.78, 5) is 13.1. The molecule has 0 aliphatic carbocycles. The molecule has 3 aromatic rings. The minimum Gasteiger partial charge on any atom is -0.497 e. The standard InChI is InChI=1S/C17H15N3O2S2/c1-22-13-9-7-12(8-10-13)16-19-20-17(24-16)18-15(21)11-23-14-5-3-2-4-6-14/h2-10H,11H2,1H3,(H,18,20,21). The largest absolute Gasteiger partial charge is 0.497 e. The maximum atomic E-state index is 12.0. The van der Waals surface area contributed by atoms with Crippen LogP contribution < -0.4 is 10.1 Å². The van der Waals surface area contributed by atoms with Gasteiger partial charge in [0.1, 0.15) is 10.8 Å². The molecule has 0 atom stereocenters. The zero-order chi connectivity index (χ0) is 16.8. The van der Waals surface area contributed by atoms with Crippen LogP contribution in [0.1, 0.15) is 0 Å². The molecule has 122 valence electrons. The van der Waals surface area contributed by atoms with Crippen molar-refractivity contribution in [1.82, 2.24) is 10.2 Å². The van der Waals surface area contributed by atoms with E-state index >= 15 is 0 Å². The van der Waals surface area contributed by atoms with Gasteiger partial charge in [-0.1, -0.05) is 29.5 Å². The Hall–Kier alpha value is -2.38. The van der Waals surface area contributed by atoms with Gasteiger partial charge in [-0.2, -0.15) is 0 Å². The highest BCUT2D eigenvalue weighted by atomic mass is 32.2. The van der Waals surface area contributed by atoms with Crippen molar-refractivity contribution in [2.24, 2.45) is 0 Å². The van der Waals surface area contributed by atoms with Gasteiger partial charge >= 0.3 is 0 Å². The normalized spacial score (nSPS) is 10.4. The zero-order valence-corrected chi connectivity index (χ0v) is 14.6. The van der Waals surface area contributed by atoms with Crippen LogP contribution in [0.4, 0.5) is 5.13 Å². The fourth-order valence-corrected chi connectivity index (χ4v) is 3.43. The number of hydrogen-bond donors (Lipinski definition) is 1. The number of methoxy groups -OCH3 is 1. The van der Waals surface area contributed by atoms with E-state index < -0.39 is 0 Å². The van der Waals surface area contributed by atoms with E-state index in [0.717, 1.165) is 21.2 Å². The van der Waals surface area contributed by atoms with Gasteiger partial charge in [-0.25, -0.2) is 0 Å². The van der Waals surface area contributed by atoms with Crippen molar-refractivity contribution in [2.75, 3.05) is 18.2 Å². The highest BCUT2D eigenvalue weighted by molar-refractivity contribution is 8.00. The summed E-state index contributed by atoms with van der Waals surface area (Å²) in [5, 5.41) is 12.2. The first-order chi connectivity index (χ1) is 11.7. The topological polar surface area (TPSA) is 64.1 Å². The van der Waals surface area contributed by atoms with Crippen LogP contribution in [-0.4, -0.2) is 29.0 Å². The molecule has 0 saturated carbocycles. The molecule has 5 nitrogen and oxygen atoms in total. The minimum atomic E-state index is -0.0960. The highest BCUT2D eigenvalue weighted by Gasteiger charge is 2.10. The molecular formula is C17H15N3O2S2. The van der Waals surface area contributed by atoms with E-state index in [1.807, 2.05) is 54.6 Å². The number of anilines is 1. The van der Waals surface area contributed by atoms with Crippen LogP contribution in [0.25, 0.3) is 10.6 Å². The summed E-state index contributed by atoms with van der Waals surface area (Å²) in [6.45, 7) is 0. The summed E-state index contributed by atoms with van der Waals surface area (Å²) in [7, 11) is 1.63. The summed E-state index contributed by atoms with van der Waals surface area (Å²) in [5.41, 5.74) is 0.937. The first-order valence-electron chi connectivity index (χ1n) is 7.20. The lowest BCUT2D eigenvalue weighted by molar-refractivity contribution is -0.113. The van der Waals surface area contributed by atoms with Crippen molar-refractivity contribution in [3.05, 3.63) is 54.6 Å². The monoisotopic (exact) mass is 357 g/mol. The molecule has 2 aromatic carbocycles. The predicted molar refractivity (Wildman–Crippen MR) is 97.7 cm³/mol. The molecule has 0 fully saturated rings. The second-order valence-electron chi connectivity index (χ2n) is 4.79. The lowest BCUT2D eigenvalue weighted by Crippen LogP contribution is -2.13. The van der Waals surface area contributed by atoms with E-state index in [4.69, 9.17) is 4.74 Å². The molecule has 1 heterocycles. The fourth-order valence-electron chi connectivity index (χ4n) is 1.94. The Balaban J connectivity index is 1.58. The molecule has 0 unspecified atom stereocenters. The maximum Gasteiger partial charge on any atom is 0.236 e. The second kappa shape index (κ2) is 7.94. The van der Waals surface area contributed by atoms with Crippen LogP contribution in [-0.2, 0) is 4.79 Å². The Morgan fingerprint density at radius 2 is 1.88 bits per heavy atom. The number of thioether (sulfide) groups is 1. The molecule has 3 rings (SSSR count). The van der Waals surface area contributed by atoms with Gasteiger partial charge in [0.05, 0.1) is 12.9 Å². The van der Waals surface area contributed by atoms with Crippen molar-refractivity contribution in [3.8, 4) is 16.3 Å². The van der Waals surface area contributed by atoms with Gasteiger partial charge in [-0.15, -0.1) is 22.0 Å². The van der Waals surface area contributed by atoms with Crippen molar-refractivity contribution in [2.45, 2.75) is 4.90 Å². The first-order valence-corrected chi connectivity index (χ1v) is 9.00.